The van der Waals surface area contributed by atoms with Gasteiger partial charge in [-0.25, -0.2) is 4.39 Å². The Labute approximate surface area is 143 Å². The second-order valence-corrected chi connectivity index (χ2v) is 5.81. The minimum Gasteiger partial charge on any atom is -0.467 e. The fourth-order valence-corrected chi connectivity index (χ4v) is 2.65. The SMILES string of the molecule is CCCCCN=C(NCC)NCCc1cc(F)cc2c1OCOC2. The van der Waals surface area contributed by atoms with Crippen molar-refractivity contribution in [2.45, 2.75) is 46.1 Å². The summed E-state index contributed by atoms with van der Waals surface area (Å²) in [6, 6.07) is 3.02. The Morgan fingerprint density at radius 3 is 2.92 bits per heavy atom. The average Bonchev–Trinajstić information content (AvgIpc) is 2.58. The molecule has 6 heteroatoms. The van der Waals surface area contributed by atoms with Gasteiger partial charge in [0.15, 0.2) is 12.8 Å². The van der Waals surface area contributed by atoms with Crippen LogP contribution >= 0.6 is 0 Å². The summed E-state index contributed by atoms with van der Waals surface area (Å²) < 4.78 is 24.5. The predicted octanol–water partition coefficient (Wildman–Crippen LogP) is 2.98. The first-order valence-corrected chi connectivity index (χ1v) is 8.78. The largest absolute Gasteiger partial charge is 0.467 e. The standard InChI is InChI=1S/C18H28FN3O2/c1-3-5-6-8-21-18(20-4-2)22-9-7-14-10-16(19)11-15-12-23-13-24-17(14)15/h10-11H,3-9,12-13H2,1-2H3,(H2,20,21,22). The minimum absolute atomic E-state index is 0.223. The van der Waals surface area contributed by atoms with E-state index in [0.29, 0.717) is 19.6 Å². The monoisotopic (exact) mass is 337 g/mol. The quantitative estimate of drug-likeness (QED) is 0.435. The van der Waals surface area contributed by atoms with E-state index in [4.69, 9.17) is 9.47 Å². The molecule has 0 saturated heterocycles. The van der Waals surface area contributed by atoms with Gasteiger partial charge in [-0.3, -0.25) is 4.99 Å². The van der Waals surface area contributed by atoms with Gasteiger partial charge in [0.25, 0.3) is 0 Å². The van der Waals surface area contributed by atoms with Crippen molar-refractivity contribution in [3.63, 3.8) is 0 Å². The highest BCUT2D eigenvalue weighted by Crippen LogP contribution is 2.29. The lowest BCUT2D eigenvalue weighted by Gasteiger charge is -2.21. The van der Waals surface area contributed by atoms with Crippen molar-refractivity contribution in [2.75, 3.05) is 26.4 Å². The summed E-state index contributed by atoms with van der Waals surface area (Å²) in [6.07, 6.45) is 4.14. The molecule has 1 heterocycles. The van der Waals surface area contributed by atoms with Crippen molar-refractivity contribution >= 4 is 5.96 Å². The number of fused-ring (bicyclic) bond motifs is 1. The van der Waals surface area contributed by atoms with Crippen LogP contribution in [-0.4, -0.2) is 32.4 Å². The molecule has 0 radical (unpaired) electrons. The van der Waals surface area contributed by atoms with Gasteiger partial charge in [0.05, 0.1) is 6.61 Å². The topological polar surface area (TPSA) is 54.9 Å². The number of guanidine groups is 1. The summed E-state index contributed by atoms with van der Waals surface area (Å²) in [5, 5.41) is 6.54. The number of nitrogens with zero attached hydrogens (tertiary/aromatic N) is 1. The lowest BCUT2D eigenvalue weighted by molar-refractivity contribution is -0.0172. The second-order valence-electron chi connectivity index (χ2n) is 5.81. The van der Waals surface area contributed by atoms with Crippen LogP contribution in [0.3, 0.4) is 0 Å². The molecule has 0 aliphatic carbocycles. The maximum absolute atomic E-state index is 13.7. The van der Waals surface area contributed by atoms with E-state index >= 15 is 0 Å². The highest BCUT2D eigenvalue weighted by atomic mass is 19.1. The highest BCUT2D eigenvalue weighted by Gasteiger charge is 2.16. The van der Waals surface area contributed by atoms with Gasteiger partial charge < -0.3 is 20.1 Å². The molecule has 5 nitrogen and oxygen atoms in total. The Hall–Kier alpha value is -1.82. The molecular formula is C18H28FN3O2. The van der Waals surface area contributed by atoms with Gasteiger partial charge >= 0.3 is 0 Å². The molecular weight excluding hydrogens is 309 g/mol. The van der Waals surface area contributed by atoms with E-state index in [2.05, 4.69) is 22.5 Å². The van der Waals surface area contributed by atoms with E-state index < -0.39 is 0 Å². The second kappa shape index (κ2) is 10.1. The minimum atomic E-state index is -0.252. The van der Waals surface area contributed by atoms with Crippen LogP contribution in [0.4, 0.5) is 4.39 Å². The molecule has 24 heavy (non-hydrogen) atoms. The molecule has 0 unspecified atom stereocenters. The van der Waals surface area contributed by atoms with Crippen molar-refractivity contribution < 1.29 is 13.9 Å². The third kappa shape index (κ3) is 5.67. The van der Waals surface area contributed by atoms with Crippen LogP contribution in [-0.2, 0) is 17.8 Å². The van der Waals surface area contributed by atoms with E-state index in [-0.39, 0.29) is 12.6 Å². The Morgan fingerprint density at radius 2 is 2.12 bits per heavy atom. The Kier molecular flexibility index (Phi) is 7.82. The summed E-state index contributed by atoms with van der Waals surface area (Å²) >= 11 is 0. The maximum atomic E-state index is 13.7. The fraction of sp³-hybridized carbons (Fsp3) is 0.611. The number of ether oxygens (including phenoxy) is 2. The summed E-state index contributed by atoms with van der Waals surface area (Å²) in [4.78, 5) is 4.56. The summed E-state index contributed by atoms with van der Waals surface area (Å²) in [5.74, 6) is 1.32. The van der Waals surface area contributed by atoms with Gasteiger partial charge in [-0.15, -0.1) is 0 Å². The summed E-state index contributed by atoms with van der Waals surface area (Å²) in [6.45, 7) is 7.14. The number of hydrogen-bond acceptors (Lipinski definition) is 3. The van der Waals surface area contributed by atoms with Gasteiger partial charge in [0.1, 0.15) is 11.6 Å². The number of benzene rings is 1. The van der Waals surface area contributed by atoms with Crippen molar-refractivity contribution in [1.29, 1.82) is 0 Å². The van der Waals surface area contributed by atoms with Crippen LogP contribution in [0.2, 0.25) is 0 Å². The Morgan fingerprint density at radius 1 is 1.25 bits per heavy atom. The number of unbranched alkanes of at least 4 members (excludes halogenated alkanes) is 2. The van der Waals surface area contributed by atoms with Crippen LogP contribution in [0.15, 0.2) is 17.1 Å². The summed E-state index contributed by atoms with van der Waals surface area (Å²) in [5.41, 5.74) is 1.64. The molecule has 1 aromatic rings. The molecule has 2 rings (SSSR count). The van der Waals surface area contributed by atoms with Gasteiger partial charge in [0, 0.05) is 25.2 Å². The van der Waals surface area contributed by atoms with Crippen molar-refractivity contribution in [3.05, 3.63) is 29.1 Å². The molecule has 0 bridgehead atoms. The molecule has 0 fully saturated rings. The van der Waals surface area contributed by atoms with Crippen LogP contribution in [0.25, 0.3) is 0 Å². The predicted molar refractivity (Wildman–Crippen MR) is 93.9 cm³/mol. The van der Waals surface area contributed by atoms with E-state index in [1.807, 2.05) is 6.92 Å². The molecule has 1 aliphatic heterocycles. The average molecular weight is 337 g/mol. The lowest BCUT2D eigenvalue weighted by Crippen LogP contribution is -2.38. The van der Waals surface area contributed by atoms with Crippen LogP contribution in [0.5, 0.6) is 5.75 Å². The van der Waals surface area contributed by atoms with Gasteiger partial charge in [-0.05, 0) is 37.5 Å². The Bertz CT molecular complexity index is 549. The molecule has 2 N–H and O–H groups in total. The third-order valence-electron chi connectivity index (χ3n) is 3.81. The fourth-order valence-electron chi connectivity index (χ4n) is 2.65. The maximum Gasteiger partial charge on any atom is 0.191 e. The first-order chi connectivity index (χ1) is 11.7. The number of rotatable bonds is 8. The molecule has 0 saturated carbocycles. The molecule has 0 atom stereocenters. The number of hydrogen-bond donors (Lipinski definition) is 2. The molecule has 0 amide bonds. The van der Waals surface area contributed by atoms with E-state index in [1.165, 1.54) is 25.0 Å². The zero-order valence-corrected chi connectivity index (χ0v) is 14.7. The lowest BCUT2D eigenvalue weighted by atomic mass is 10.1. The van der Waals surface area contributed by atoms with Crippen LogP contribution in [0, 0.1) is 5.82 Å². The summed E-state index contributed by atoms with van der Waals surface area (Å²) in [7, 11) is 0. The Balaban J connectivity index is 1.91. The van der Waals surface area contributed by atoms with E-state index in [1.54, 1.807) is 0 Å². The zero-order chi connectivity index (χ0) is 17.2. The van der Waals surface area contributed by atoms with Gasteiger partial charge in [-0.2, -0.15) is 0 Å². The van der Waals surface area contributed by atoms with Gasteiger partial charge in [-0.1, -0.05) is 19.8 Å². The normalized spacial score (nSPS) is 14.0. The molecule has 1 aromatic carbocycles. The zero-order valence-electron chi connectivity index (χ0n) is 14.7. The van der Waals surface area contributed by atoms with Gasteiger partial charge in [0.2, 0.25) is 0 Å². The molecule has 0 spiro atoms. The molecule has 1 aliphatic rings. The first kappa shape index (κ1) is 18.5. The van der Waals surface area contributed by atoms with E-state index in [0.717, 1.165) is 42.3 Å². The first-order valence-electron chi connectivity index (χ1n) is 8.78. The van der Waals surface area contributed by atoms with Crippen molar-refractivity contribution in [3.8, 4) is 5.75 Å². The number of aliphatic imine (C=N–C) groups is 1. The molecule has 134 valence electrons. The van der Waals surface area contributed by atoms with Crippen molar-refractivity contribution in [1.82, 2.24) is 10.6 Å². The number of halogens is 1. The van der Waals surface area contributed by atoms with Crippen LogP contribution in [0.1, 0.15) is 44.2 Å². The molecule has 0 aromatic heterocycles. The van der Waals surface area contributed by atoms with Crippen LogP contribution < -0.4 is 15.4 Å². The third-order valence-corrected chi connectivity index (χ3v) is 3.81. The highest BCUT2D eigenvalue weighted by molar-refractivity contribution is 5.79. The number of nitrogens with one attached hydrogen (secondary N) is 2. The van der Waals surface area contributed by atoms with Crippen molar-refractivity contribution in [2.24, 2.45) is 4.99 Å². The smallest absolute Gasteiger partial charge is 0.191 e. The van der Waals surface area contributed by atoms with E-state index in [9.17, 15) is 4.39 Å².